The van der Waals surface area contributed by atoms with Crippen LogP contribution in [0.2, 0.25) is 0 Å². The molecule has 0 saturated heterocycles. The zero-order chi connectivity index (χ0) is 24.1. The molecule has 4 aromatic rings. The summed E-state index contributed by atoms with van der Waals surface area (Å²) in [4.78, 5) is 23.0. The van der Waals surface area contributed by atoms with E-state index in [0.717, 1.165) is 23.2 Å². The molecular weight excluding hydrogens is 448 g/mol. The van der Waals surface area contributed by atoms with Gasteiger partial charge in [-0.05, 0) is 23.8 Å². The summed E-state index contributed by atoms with van der Waals surface area (Å²) in [5, 5.41) is 0.892. The zero-order valence-corrected chi connectivity index (χ0v) is 20.4. The lowest BCUT2D eigenvalue weighted by Gasteiger charge is -2.28. The van der Waals surface area contributed by atoms with Crippen LogP contribution in [0.25, 0.3) is 10.9 Å². The van der Waals surface area contributed by atoms with Gasteiger partial charge in [0, 0.05) is 43.1 Å². The van der Waals surface area contributed by atoms with Crippen LogP contribution in [0.4, 0.5) is 0 Å². The van der Waals surface area contributed by atoms with Crippen molar-refractivity contribution in [3.63, 3.8) is 0 Å². The topological polar surface area (TPSA) is 88.1 Å². The fourth-order valence-electron chi connectivity index (χ4n) is 4.46. The first kappa shape index (κ1) is 22.6. The molecule has 1 aliphatic rings. The Morgan fingerprint density at radius 1 is 1.03 bits per heavy atom. The molecule has 0 unspecified atom stereocenters. The van der Waals surface area contributed by atoms with Crippen LogP contribution >= 0.6 is 0 Å². The summed E-state index contributed by atoms with van der Waals surface area (Å²) in [5.41, 5.74) is 2.80. The first-order valence-corrected chi connectivity index (χ1v) is 12.8. The van der Waals surface area contributed by atoms with Gasteiger partial charge in [0.1, 0.15) is 5.82 Å². The lowest BCUT2D eigenvalue weighted by atomic mass is 9.95. The summed E-state index contributed by atoms with van der Waals surface area (Å²) in [6, 6.07) is 16.0. The summed E-state index contributed by atoms with van der Waals surface area (Å²) in [5.74, 6) is 0.707. The van der Waals surface area contributed by atoms with Crippen LogP contribution in [0, 0.1) is 0 Å². The van der Waals surface area contributed by atoms with Crippen LogP contribution in [-0.4, -0.2) is 33.8 Å². The molecule has 2 aromatic carbocycles. The van der Waals surface area contributed by atoms with Crippen LogP contribution in [0.15, 0.2) is 70.5 Å². The van der Waals surface area contributed by atoms with Gasteiger partial charge in [-0.25, -0.2) is 17.4 Å². The van der Waals surface area contributed by atoms with Gasteiger partial charge < -0.3 is 4.98 Å². The molecule has 34 heavy (non-hydrogen) atoms. The normalized spacial score (nSPS) is 14.9. The molecule has 5 rings (SSSR count). The molecule has 0 bridgehead atoms. The van der Waals surface area contributed by atoms with Crippen LogP contribution in [0.3, 0.4) is 0 Å². The van der Waals surface area contributed by atoms with Gasteiger partial charge in [0.15, 0.2) is 0 Å². The molecule has 0 radical (unpaired) electrons. The summed E-state index contributed by atoms with van der Waals surface area (Å²) in [7, 11) is -3.73. The van der Waals surface area contributed by atoms with Gasteiger partial charge in [-0.15, -0.1) is 0 Å². The van der Waals surface area contributed by atoms with Crippen LogP contribution in [0.5, 0.6) is 0 Å². The van der Waals surface area contributed by atoms with Crippen molar-refractivity contribution in [1.29, 1.82) is 0 Å². The van der Waals surface area contributed by atoms with Gasteiger partial charge in [0.25, 0.3) is 15.6 Å². The number of fused-ring (bicyclic) bond motifs is 2. The lowest BCUT2D eigenvalue weighted by molar-refractivity contribution is 0.241. The number of aromatic nitrogens is 3. The van der Waals surface area contributed by atoms with E-state index in [1.54, 1.807) is 36.5 Å². The smallest absolute Gasteiger partial charge is 0.268 e. The van der Waals surface area contributed by atoms with Gasteiger partial charge in [-0.2, -0.15) is 0 Å². The Balaban J connectivity index is 1.49. The molecule has 0 fully saturated rings. The number of nitrogens with one attached hydrogen (secondary N) is 1. The Bertz CT molecular complexity index is 1530. The second kappa shape index (κ2) is 8.21. The summed E-state index contributed by atoms with van der Waals surface area (Å²) in [6.45, 7) is 7.87. The largest absolute Gasteiger partial charge is 0.310 e. The fourth-order valence-corrected chi connectivity index (χ4v) is 5.87. The average Bonchev–Trinajstić information content (AvgIpc) is 3.18. The molecule has 0 aliphatic carbocycles. The molecule has 1 N–H and O–H groups in total. The monoisotopic (exact) mass is 476 g/mol. The Morgan fingerprint density at radius 2 is 1.74 bits per heavy atom. The standard InChI is InChI=1S/C26H28N4O3S/c1-26(2,3)25-27-22-13-14-29(17-21(22)24(31)28-25)15-18-16-30(23-12-8-7-11-20(18)23)34(32,33)19-9-5-4-6-10-19/h4-12,16H,13-15,17H2,1-3H3,(H,27,28,31). The number of aromatic amines is 1. The number of hydrogen-bond acceptors (Lipinski definition) is 5. The van der Waals surface area contributed by atoms with E-state index in [-0.39, 0.29) is 15.9 Å². The molecule has 0 spiro atoms. The number of rotatable bonds is 4. The van der Waals surface area contributed by atoms with E-state index in [4.69, 9.17) is 4.98 Å². The first-order chi connectivity index (χ1) is 16.1. The van der Waals surface area contributed by atoms with Gasteiger partial charge >= 0.3 is 0 Å². The van der Waals surface area contributed by atoms with Crippen molar-refractivity contribution in [2.75, 3.05) is 6.54 Å². The molecule has 7 nitrogen and oxygen atoms in total. The minimum atomic E-state index is -3.73. The van der Waals surface area contributed by atoms with E-state index >= 15 is 0 Å². The van der Waals surface area contributed by atoms with Crippen LogP contribution in [-0.2, 0) is 34.9 Å². The Labute approximate surface area is 199 Å². The van der Waals surface area contributed by atoms with E-state index in [0.29, 0.717) is 36.4 Å². The van der Waals surface area contributed by atoms with Crippen LogP contribution in [0.1, 0.15) is 43.4 Å². The number of benzene rings is 2. The molecule has 3 heterocycles. The van der Waals surface area contributed by atoms with E-state index in [2.05, 4.69) is 9.88 Å². The molecule has 1 aliphatic heterocycles. The summed E-state index contributed by atoms with van der Waals surface area (Å²) in [6.07, 6.45) is 2.40. The lowest BCUT2D eigenvalue weighted by Crippen LogP contribution is -2.37. The molecule has 2 aromatic heterocycles. The Hall–Kier alpha value is -3.23. The van der Waals surface area contributed by atoms with Gasteiger partial charge in [-0.1, -0.05) is 57.2 Å². The highest BCUT2D eigenvalue weighted by Crippen LogP contribution is 2.28. The number of hydrogen-bond donors (Lipinski definition) is 1. The van der Waals surface area contributed by atoms with Crippen molar-refractivity contribution in [1.82, 2.24) is 18.8 Å². The zero-order valence-electron chi connectivity index (χ0n) is 19.6. The first-order valence-electron chi connectivity index (χ1n) is 11.4. The molecule has 176 valence electrons. The van der Waals surface area contributed by atoms with Gasteiger partial charge in [0.2, 0.25) is 0 Å². The molecular formula is C26H28N4O3S. The van der Waals surface area contributed by atoms with Crippen molar-refractivity contribution >= 4 is 20.9 Å². The third-order valence-corrected chi connectivity index (χ3v) is 8.00. The highest BCUT2D eigenvalue weighted by atomic mass is 32.2. The van der Waals surface area contributed by atoms with Crippen molar-refractivity contribution in [2.24, 2.45) is 0 Å². The highest BCUT2D eigenvalue weighted by Gasteiger charge is 2.26. The van der Waals surface area contributed by atoms with Gasteiger partial charge in [-0.3, -0.25) is 9.69 Å². The maximum atomic E-state index is 13.4. The second-order valence-electron chi connectivity index (χ2n) is 9.84. The predicted molar refractivity (Wildman–Crippen MR) is 132 cm³/mol. The van der Waals surface area contributed by atoms with E-state index in [9.17, 15) is 13.2 Å². The average molecular weight is 477 g/mol. The number of nitrogens with zero attached hydrogens (tertiary/aromatic N) is 3. The van der Waals surface area contributed by atoms with E-state index in [1.807, 2.05) is 45.0 Å². The van der Waals surface area contributed by atoms with Crippen LogP contribution < -0.4 is 5.56 Å². The van der Waals surface area contributed by atoms with Gasteiger partial charge in [0.05, 0.1) is 21.7 Å². The summed E-state index contributed by atoms with van der Waals surface area (Å²) < 4.78 is 28.1. The minimum Gasteiger partial charge on any atom is -0.310 e. The maximum Gasteiger partial charge on any atom is 0.268 e. The van der Waals surface area contributed by atoms with E-state index < -0.39 is 10.0 Å². The highest BCUT2D eigenvalue weighted by molar-refractivity contribution is 7.90. The third-order valence-electron chi connectivity index (χ3n) is 6.31. The molecule has 0 atom stereocenters. The Morgan fingerprint density at radius 3 is 2.47 bits per heavy atom. The maximum absolute atomic E-state index is 13.4. The fraction of sp³-hybridized carbons (Fsp3) is 0.308. The van der Waals surface area contributed by atoms with Crippen molar-refractivity contribution < 1.29 is 8.42 Å². The molecule has 0 amide bonds. The molecule has 0 saturated carbocycles. The minimum absolute atomic E-state index is 0.0892. The quantitative estimate of drug-likeness (QED) is 0.484. The number of H-pyrrole nitrogens is 1. The van der Waals surface area contributed by atoms with E-state index in [1.165, 1.54) is 3.97 Å². The molecule has 8 heteroatoms. The number of para-hydroxylation sites is 1. The van der Waals surface area contributed by atoms with Crippen molar-refractivity contribution in [3.05, 3.63) is 93.8 Å². The third kappa shape index (κ3) is 3.97. The SMILES string of the molecule is CC(C)(C)c1nc2c(c(=O)[nH]1)CN(Cc1cn(S(=O)(=O)c3ccccc3)c3ccccc13)CC2. The summed E-state index contributed by atoms with van der Waals surface area (Å²) >= 11 is 0. The van der Waals surface area contributed by atoms with Crippen molar-refractivity contribution in [2.45, 2.75) is 50.6 Å². The second-order valence-corrected chi connectivity index (χ2v) is 11.7. The van der Waals surface area contributed by atoms with Crippen molar-refractivity contribution in [3.8, 4) is 0 Å². The Kier molecular flexibility index (Phi) is 5.45. The predicted octanol–water partition coefficient (Wildman–Crippen LogP) is 3.82.